The predicted octanol–water partition coefficient (Wildman–Crippen LogP) is 4.21. The van der Waals surface area contributed by atoms with Gasteiger partial charge in [-0.2, -0.15) is 0 Å². The molecule has 0 bridgehead atoms. The van der Waals surface area contributed by atoms with Crippen molar-refractivity contribution in [3.63, 3.8) is 0 Å². The molecule has 1 aliphatic heterocycles. The first-order valence-corrected chi connectivity index (χ1v) is 7.59. The molecule has 0 aliphatic carbocycles. The largest absolute Gasteiger partial charge is 0.368 e. The standard InChI is InChI=1S/C14H18Cl3NO/c1-14(2)9-18(8-12(6-15)19-14)7-10-3-4-11(16)5-13(10)17/h3-5,12H,6-9H2,1-2H3. The summed E-state index contributed by atoms with van der Waals surface area (Å²) in [5, 5.41) is 1.37. The molecule has 0 radical (unpaired) electrons. The number of rotatable bonds is 3. The second-order valence-corrected chi connectivity index (χ2v) is 6.71. The van der Waals surface area contributed by atoms with Gasteiger partial charge in [0.2, 0.25) is 0 Å². The van der Waals surface area contributed by atoms with Crippen LogP contribution in [0, 0.1) is 0 Å². The summed E-state index contributed by atoms with van der Waals surface area (Å²) in [6.07, 6.45) is 0.0662. The van der Waals surface area contributed by atoms with Crippen molar-refractivity contribution in [2.24, 2.45) is 0 Å². The Labute approximate surface area is 129 Å². The monoisotopic (exact) mass is 321 g/mol. The fourth-order valence-electron chi connectivity index (χ4n) is 2.51. The highest BCUT2D eigenvalue weighted by atomic mass is 35.5. The third kappa shape index (κ3) is 4.24. The van der Waals surface area contributed by atoms with Crippen LogP contribution < -0.4 is 0 Å². The van der Waals surface area contributed by atoms with Crippen molar-refractivity contribution in [3.8, 4) is 0 Å². The van der Waals surface area contributed by atoms with Crippen LogP contribution in [0.3, 0.4) is 0 Å². The first-order chi connectivity index (χ1) is 8.89. The first kappa shape index (κ1) is 15.4. The van der Waals surface area contributed by atoms with Crippen LogP contribution in [0.2, 0.25) is 10.0 Å². The minimum Gasteiger partial charge on any atom is -0.368 e. The lowest BCUT2D eigenvalue weighted by molar-refractivity contribution is -0.129. The molecule has 1 aromatic carbocycles. The zero-order valence-corrected chi connectivity index (χ0v) is 13.4. The topological polar surface area (TPSA) is 12.5 Å². The highest BCUT2D eigenvalue weighted by Gasteiger charge is 2.32. The summed E-state index contributed by atoms with van der Waals surface area (Å²) in [6.45, 7) is 6.64. The van der Waals surface area contributed by atoms with Gasteiger partial charge in [-0.3, -0.25) is 4.90 Å². The lowest BCUT2D eigenvalue weighted by atomic mass is 10.0. The molecule has 0 N–H and O–H groups in total. The number of nitrogens with zero attached hydrogens (tertiary/aromatic N) is 1. The van der Waals surface area contributed by atoms with Gasteiger partial charge in [-0.1, -0.05) is 29.3 Å². The van der Waals surface area contributed by atoms with Gasteiger partial charge >= 0.3 is 0 Å². The van der Waals surface area contributed by atoms with E-state index in [0.29, 0.717) is 15.9 Å². The molecule has 0 aromatic heterocycles. The zero-order chi connectivity index (χ0) is 14.0. The van der Waals surface area contributed by atoms with Crippen LogP contribution >= 0.6 is 34.8 Å². The molecule has 1 atom stereocenters. The highest BCUT2D eigenvalue weighted by molar-refractivity contribution is 6.35. The van der Waals surface area contributed by atoms with Gasteiger partial charge in [0.05, 0.1) is 11.7 Å². The van der Waals surface area contributed by atoms with Gasteiger partial charge in [0.25, 0.3) is 0 Å². The van der Waals surface area contributed by atoms with E-state index >= 15 is 0 Å². The molecular formula is C14H18Cl3NO. The highest BCUT2D eigenvalue weighted by Crippen LogP contribution is 2.26. The Kier molecular flexibility index (Phi) is 5.02. The van der Waals surface area contributed by atoms with E-state index in [-0.39, 0.29) is 11.7 Å². The average molecular weight is 323 g/mol. The SMILES string of the molecule is CC1(C)CN(Cc2ccc(Cl)cc2Cl)CC(CCl)O1. The van der Waals surface area contributed by atoms with Gasteiger partial charge < -0.3 is 4.74 Å². The maximum absolute atomic E-state index is 6.22. The van der Waals surface area contributed by atoms with E-state index in [1.54, 1.807) is 6.07 Å². The molecule has 0 saturated carbocycles. The maximum atomic E-state index is 6.22. The summed E-state index contributed by atoms with van der Waals surface area (Å²) in [4.78, 5) is 2.33. The van der Waals surface area contributed by atoms with Crippen LogP contribution in [0.25, 0.3) is 0 Å². The molecule has 1 unspecified atom stereocenters. The molecule has 106 valence electrons. The van der Waals surface area contributed by atoms with Gasteiger partial charge in [-0.25, -0.2) is 0 Å². The molecular weight excluding hydrogens is 305 g/mol. The van der Waals surface area contributed by atoms with E-state index in [0.717, 1.165) is 25.2 Å². The van der Waals surface area contributed by atoms with Gasteiger partial charge in [0, 0.05) is 35.6 Å². The van der Waals surface area contributed by atoms with Crippen LogP contribution in [0.15, 0.2) is 18.2 Å². The molecule has 1 saturated heterocycles. The molecule has 0 spiro atoms. The third-order valence-corrected chi connectivity index (χ3v) is 4.06. The molecule has 1 aromatic rings. The van der Waals surface area contributed by atoms with Crippen LogP contribution in [0.1, 0.15) is 19.4 Å². The molecule has 0 amide bonds. The number of hydrogen-bond acceptors (Lipinski definition) is 2. The molecule has 5 heteroatoms. The van der Waals surface area contributed by atoms with Crippen molar-refractivity contribution in [1.29, 1.82) is 0 Å². The van der Waals surface area contributed by atoms with E-state index in [1.165, 1.54) is 0 Å². The smallest absolute Gasteiger partial charge is 0.0845 e. The molecule has 1 aliphatic rings. The van der Waals surface area contributed by atoms with Crippen molar-refractivity contribution in [2.45, 2.75) is 32.1 Å². The van der Waals surface area contributed by atoms with Gasteiger partial charge in [-0.15, -0.1) is 11.6 Å². The van der Waals surface area contributed by atoms with E-state index in [1.807, 2.05) is 12.1 Å². The number of benzene rings is 1. The molecule has 2 rings (SSSR count). The summed E-state index contributed by atoms with van der Waals surface area (Å²) in [6, 6.07) is 5.62. The van der Waals surface area contributed by atoms with Crippen molar-refractivity contribution < 1.29 is 4.74 Å². The summed E-state index contributed by atoms with van der Waals surface area (Å²) in [7, 11) is 0. The number of hydrogen-bond donors (Lipinski definition) is 0. The number of ether oxygens (including phenoxy) is 1. The summed E-state index contributed by atoms with van der Waals surface area (Å²) < 4.78 is 5.91. The fourth-order valence-corrected chi connectivity index (χ4v) is 3.14. The molecule has 2 nitrogen and oxygen atoms in total. The van der Waals surface area contributed by atoms with Gasteiger partial charge in [0.1, 0.15) is 0 Å². The quantitative estimate of drug-likeness (QED) is 0.773. The maximum Gasteiger partial charge on any atom is 0.0845 e. The minimum absolute atomic E-state index is 0.0662. The number of alkyl halides is 1. The van der Waals surface area contributed by atoms with E-state index in [2.05, 4.69) is 18.7 Å². The fraction of sp³-hybridized carbons (Fsp3) is 0.571. The second-order valence-electron chi connectivity index (χ2n) is 5.56. The lowest BCUT2D eigenvalue weighted by Crippen LogP contribution is -2.52. The number of morpholine rings is 1. The van der Waals surface area contributed by atoms with Crippen molar-refractivity contribution in [1.82, 2.24) is 4.90 Å². The van der Waals surface area contributed by atoms with E-state index in [4.69, 9.17) is 39.5 Å². The Morgan fingerprint density at radius 2 is 2.11 bits per heavy atom. The zero-order valence-electron chi connectivity index (χ0n) is 11.1. The Balaban J connectivity index is 2.09. The number of halogens is 3. The lowest BCUT2D eigenvalue weighted by Gasteiger charge is -2.42. The summed E-state index contributed by atoms with van der Waals surface area (Å²) in [5.74, 6) is 0.508. The Hall–Kier alpha value is 0.01000. The normalized spacial score (nSPS) is 23.5. The van der Waals surface area contributed by atoms with Gasteiger partial charge in [-0.05, 0) is 31.5 Å². The summed E-state index contributed by atoms with van der Waals surface area (Å²) in [5.41, 5.74) is 0.897. The summed E-state index contributed by atoms with van der Waals surface area (Å²) >= 11 is 18.1. The first-order valence-electron chi connectivity index (χ1n) is 6.30. The van der Waals surface area contributed by atoms with Crippen LogP contribution in [0.4, 0.5) is 0 Å². The van der Waals surface area contributed by atoms with E-state index < -0.39 is 0 Å². The van der Waals surface area contributed by atoms with Gasteiger partial charge in [0.15, 0.2) is 0 Å². The Morgan fingerprint density at radius 3 is 2.74 bits per heavy atom. The predicted molar refractivity (Wildman–Crippen MR) is 81.4 cm³/mol. The molecule has 1 heterocycles. The minimum atomic E-state index is -0.184. The van der Waals surface area contributed by atoms with Crippen LogP contribution in [0.5, 0.6) is 0 Å². The van der Waals surface area contributed by atoms with Crippen LogP contribution in [-0.2, 0) is 11.3 Å². The third-order valence-electron chi connectivity index (χ3n) is 3.13. The molecule has 1 fully saturated rings. The van der Waals surface area contributed by atoms with Crippen molar-refractivity contribution >= 4 is 34.8 Å². The molecule has 19 heavy (non-hydrogen) atoms. The Bertz CT molecular complexity index is 450. The van der Waals surface area contributed by atoms with Crippen molar-refractivity contribution in [2.75, 3.05) is 19.0 Å². The second kappa shape index (κ2) is 6.19. The van der Waals surface area contributed by atoms with E-state index in [9.17, 15) is 0 Å². The Morgan fingerprint density at radius 1 is 1.37 bits per heavy atom. The van der Waals surface area contributed by atoms with Crippen molar-refractivity contribution in [3.05, 3.63) is 33.8 Å². The average Bonchev–Trinajstić information content (AvgIpc) is 2.31. The van der Waals surface area contributed by atoms with Crippen LogP contribution in [-0.4, -0.2) is 35.6 Å².